The fourth-order valence-corrected chi connectivity index (χ4v) is 6.35. The highest BCUT2D eigenvalue weighted by molar-refractivity contribution is 8.15. The minimum absolute atomic E-state index is 0.0347. The molecule has 0 aliphatic carbocycles. The number of alkyl halides is 6. The van der Waals surface area contributed by atoms with Crippen LogP contribution in [0.4, 0.5) is 26.3 Å². The molecule has 0 aromatic rings. The van der Waals surface area contributed by atoms with Gasteiger partial charge in [0.1, 0.15) is 41.8 Å². The summed E-state index contributed by atoms with van der Waals surface area (Å²) in [7, 11) is 0. The second-order valence-electron chi connectivity index (χ2n) is 8.85. The Labute approximate surface area is 216 Å². The van der Waals surface area contributed by atoms with Crippen molar-refractivity contribution in [1.82, 2.24) is 0 Å². The molecule has 4 aliphatic rings. The minimum atomic E-state index is -4.59. The van der Waals surface area contributed by atoms with E-state index in [2.05, 4.69) is 9.98 Å². The smallest absolute Gasteiger partial charge is 0.439 e. The largest absolute Gasteiger partial charge is 0.463 e. The number of thioether (sulfide) groups is 2. The van der Waals surface area contributed by atoms with Crippen LogP contribution in [0.2, 0.25) is 0 Å². The lowest BCUT2D eigenvalue weighted by molar-refractivity contribution is -0.164. The number of esters is 1. The number of carbonyl (C=O) groups excluding carboxylic acids is 1. The molecule has 4 rings (SSSR count). The summed E-state index contributed by atoms with van der Waals surface area (Å²) in [6, 6.07) is -1.66. The molecular formula is C20H26F6N2O7S2. The maximum atomic E-state index is 12.7. The first kappa shape index (κ1) is 30.4. The number of halogens is 6. The highest BCUT2D eigenvalue weighted by atomic mass is 32.2. The van der Waals surface area contributed by atoms with Gasteiger partial charge in [-0.15, -0.1) is 0 Å². The van der Waals surface area contributed by atoms with Gasteiger partial charge in [-0.05, 0) is 11.8 Å². The summed E-state index contributed by atoms with van der Waals surface area (Å²) in [5.74, 6) is -0.531. The molecule has 0 unspecified atom stereocenters. The van der Waals surface area contributed by atoms with E-state index in [0.29, 0.717) is 23.5 Å². The van der Waals surface area contributed by atoms with Crippen LogP contribution in [0, 0.1) is 11.8 Å². The summed E-state index contributed by atoms with van der Waals surface area (Å²) in [6.45, 7) is 4.50. The Balaban J connectivity index is 0.000000208. The lowest BCUT2D eigenvalue weighted by Gasteiger charge is -2.40. The van der Waals surface area contributed by atoms with Crippen LogP contribution in [-0.2, 0) is 19.0 Å². The Morgan fingerprint density at radius 1 is 0.892 bits per heavy atom. The van der Waals surface area contributed by atoms with E-state index in [1.54, 1.807) is 0 Å². The van der Waals surface area contributed by atoms with Crippen molar-refractivity contribution in [3.8, 4) is 0 Å². The number of aliphatic hydroxyl groups excluding tert-OH is 3. The zero-order valence-corrected chi connectivity index (χ0v) is 21.3. The molecule has 17 heteroatoms. The number of rotatable bonds is 3. The number of ether oxygens (including phenoxy) is 3. The average molecular weight is 585 g/mol. The van der Waals surface area contributed by atoms with E-state index in [1.165, 1.54) is 6.92 Å². The summed E-state index contributed by atoms with van der Waals surface area (Å²) in [4.78, 5) is 17.9. The van der Waals surface area contributed by atoms with E-state index in [0.717, 1.165) is 0 Å². The van der Waals surface area contributed by atoms with Gasteiger partial charge in [-0.1, -0.05) is 37.4 Å². The van der Waals surface area contributed by atoms with E-state index in [9.17, 15) is 41.4 Å². The Kier molecular flexibility index (Phi) is 9.50. The van der Waals surface area contributed by atoms with Crippen LogP contribution < -0.4 is 0 Å². The predicted octanol–water partition coefficient (Wildman–Crippen LogP) is 2.12. The van der Waals surface area contributed by atoms with Crippen LogP contribution in [0.1, 0.15) is 20.8 Å². The molecule has 9 nitrogen and oxygen atoms in total. The van der Waals surface area contributed by atoms with Crippen LogP contribution in [-0.4, -0.2) is 104 Å². The van der Waals surface area contributed by atoms with Crippen LogP contribution >= 0.6 is 23.5 Å². The monoisotopic (exact) mass is 584 g/mol. The maximum absolute atomic E-state index is 12.7. The summed E-state index contributed by atoms with van der Waals surface area (Å²) >= 11 is 0.955. The second kappa shape index (κ2) is 11.6. The van der Waals surface area contributed by atoms with E-state index in [4.69, 9.17) is 19.3 Å². The number of hydrogen-bond acceptors (Lipinski definition) is 11. The first-order valence-electron chi connectivity index (χ1n) is 11.1. The number of aliphatic imine (C=N–C) groups is 2. The van der Waals surface area contributed by atoms with Crippen molar-refractivity contribution in [2.24, 2.45) is 21.8 Å². The van der Waals surface area contributed by atoms with Crippen LogP contribution in [0.3, 0.4) is 0 Å². The molecule has 2 fully saturated rings. The average Bonchev–Trinajstić information content (AvgIpc) is 3.43. The Hall–Kier alpha value is -1.11. The molecule has 37 heavy (non-hydrogen) atoms. The molecule has 0 radical (unpaired) electrons. The van der Waals surface area contributed by atoms with Gasteiger partial charge >= 0.3 is 18.3 Å². The lowest BCUT2D eigenvalue weighted by atomic mass is 9.83. The number of fused-ring (bicyclic) bond motifs is 2. The number of carbonyl (C=O) groups is 1. The molecule has 0 amide bonds. The topological polar surface area (TPSA) is 130 Å². The van der Waals surface area contributed by atoms with Gasteiger partial charge in [0, 0.05) is 6.92 Å². The molecule has 0 spiro atoms. The summed E-state index contributed by atoms with van der Waals surface area (Å²) in [5.41, 5.74) is -1.68. The molecule has 212 valence electrons. The zero-order chi connectivity index (χ0) is 27.9. The van der Waals surface area contributed by atoms with Crippen molar-refractivity contribution >= 4 is 39.6 Å². The van der Waals surface area contributed by atoms with Crippen molar-refractivity contribution < 1.29 is 60.7 Å². The quantitative estimate of drug-likeness (QED) is 0.338. The molecule has 0 aromatic carbocycles. The number of aliphatic hydroxyl groups is 3. The van der Waals surface area contributed by atoms with Gasteiger partial charge in [0.2, 0.25) is 0 Å². The Morgan fingerprint density at radius 2 is 1.38 bits per heavy atom. The van der Waals surface area contributed by atoms with Gasteiger partial charge in [-0.25, -0.2) is 0 Å². The first-order chi connectivity index (χ1) is 17.0. The van der Waals surface area contributed by atoms with E-state index in [1.807, 2.05) is 13.8 Å². The van der Waals surface area contributed by atoms with Gasteiger partial charge in [0.25, 0.3) is 0 Å². The molecule has 0 aromatic heterocycles. The third-order valence-electron chi connectivity index (χ3n) is 6.31. The van der Waals surface area contributed by atoms with Crippen molar-refractivity contribution in [3.05, 3.63) is 0 Å². The highest BCUT2D eigenvalue weighted by Crippen LogP contribution is 2.45. The fraction of sp³-hybridized carbons (Fsp3) is 0.850. The third-order valence-corrected chi connectivity index (χ3v) is 8.68. The van der Waals surface area contributed by atoms with Crippen LogP contribution in [0.15, 0.2) is 9.98 Å². The molecule has 0 saturated carbocycles. The molecular weight excluding hydrogens is 558 g/mol. The van der Waals surface area contributed by atoms with Gasteiger partial charge in [-0.3, -0.25) is 14.8 Å². The normalized spacial score (nSPS) is 39.6. The third kappa shape index (κ3) is 6.91. The van der Waals surface area contributed by atoms with Crippen molar-refractivity contribution in [3.63, 3.8) is 0 Å². The standard InChI is InChI=1S/C12H16F3NO3S.C8H10F3NO4S/c1-5-6(2)9-10(19-8(5)4-18-7(3)17)20-11(16-9)12(13,14)15;9-8(10,11)7-12-3-5(15)4(14)2(1-13)16-6(3)17-7/h5-6,8-10H,4H2,1-3H3;2-6,13-15H,1H2/t5-,6-,8+,9+,10+;2-,3-,4-,5-,6-/m01/s1. The zero-order valence-electron chi connectivity index (χ0n) is 19.6. The summed E-state index contributed by atoms with van der Waals surface area (Å²) < 4.78 is 90.9. The Bertz CT molecular complexity index is 905. The van der Waals surface area contributed by atoms with Gasteiger partial charge in [0.15, 0.2) is 10.1 Å². The van der Waals surface area contributed by atoms with E-state index < -0.39 is 82.4 Å². The molecule has 4 heterocycles. The Morgan fingerprint density at radius 3 is 1.86 bits per heavy atom. The minimum Gasteiger partial charge on any atom is -0.463 e. The molecule has 2 saturated heterocycles. The van der Waals surface area contributed by atoms with Gasteiger partial charge < -0.3 is 29.5 Å². The molecule has 0 bridgehead atoms. The molecule has 3 N–H and O–H groups in total. The number of hydrogen-bond donors (Lipinski definition) is 3. The summed E-state index contributed by atoms with van der Waals surface area (Å²) in [6.07, 6.45) is -13.4. The molecule has 10 atom stereocenters. The van der Waals surface area contributed by atoms with Gasteiger partial charge in [-0.2, -0.15) is 26.3 Å². The van der Waals surface area contributed by atoms with E-state index >= 15 is 0 Å². The summed E-state index contributed by atoms with van der Waals surface area (Å²) in [5, 5.41) is 26.0. The van der Waals surface area contributed by atoms with Gasteiger partial charge in [0.05, 0.1) is 18.8 Å². The van der Waals surface area contributed by atoms with Crippen molar-refractivity contribution in [2.45, 2.75) is 80.5 Å². The lowest BCUT2D eigenvalue weighted by Crippen LogP contribution is -2.55. The van der Waals surface area contributed by atoms with E-state index in [-0.39, 0.29) is 18.4 Å². The van der Waals surface area contributed by atoms with Crippen LogP contribution in [0.25, 0.3) is 0 Å². The highest BCUT2D eigenvalue weighted by Gasteiger charge is 2.53. The first-order valence-corrected chi connectivity index (χ1v) is 12.8. The van der Waals surface area contributed by atoms with Crippen LogP contribution in [0.5, 0.6) is 0 Å². The number of nitrogens with zero attached hydrogens (tertiary/aromatic N) is 2. The van der Waals surface area contributed by atoms with Crippen molar-refractivity contribution in [1.29, 1.82) is 0 Å². The van der Waals surface area contributed by atoms with Crippen molar-refractivity contribution in [2.75, 3.05) is 13.2 Å². The predicted molar refractivity (Wildman–Crippen MR) is 121 cm³/mol. The maximum Gasteiger partial charge on any atom is 0.439 e. The molecule has 4 aliphatic heterocycles. The fourth-order valence-electron chi connectivity index (χ4n) is 4.07. The second-order valence-corrected chi connectivity index (χ2v) is 11.0. The SMILES string of the molecule is CC(=O)OC[C@H]1O[C@@H]2SC(C(F)(F)F)=N[C@@H]2[C@@H](C)[C@@H]1C.OC[C@H]1O[C@@H]2SC(C(F)(F)F)=N[C@@H]2[C@@H](O)[C@@H]1O.